The van der Waals surface area contributed by atoms with E-state index in [4.69, 9.17) is 26.2 Å². The minimum atomic E-state index is -2.07. The molecule has 2 N–H and O–H groups in total. The Hall–Kier alpha value is -2.58. The molecule has 0 fully saturated rings. The van der Waals surface area contributed by atoms with Crippen LogP contribution in [0.25, 0.3) is 5.57 Å². The quantitative estimate of drug-likeness (QED) is 0.568. The largest absolute Gasteiger partial charge is 0.539 e. The summed E-state index contributed by atoms with van der Waals surface area (Å²) in [6, 6.07) is 6.47. The second-order valence-corrected chi connectivity index (χ2v) is 5.01. The van der Waals surface area contributed by atoms with E-state index < -0.39 is 11.9 Å². The SMILES string of the molecule is C#CC[NH+](C)CC(=C)c1ccc(C)c(C)c1.O=C([O-])C(=O)O. The van der Waals surface area contributed by atoms with Crippen LogP contribution in [-0.2, 0) is 9.59 Å². The maximum absolute atomic E-state index is 9.04. The number of nitrogens with one attached hydrogen (secondary N) is 1. The van der Waals surface area contributed by atoms with Crippen molar-refractivity contribution in [3.63, 3.8) is 0 Å². The Kier molecular flexibility index (Phi) is 8.27. The van der Waals surface area contributed by atoms with Crippen LogP contribution >= 0.6 is 0 Å². The van der Waals surface area contributed by atoms with Gasteiger partial charge in [-0.2, -0.15) is 0 Å². The van der Waals surface area contributed by atoms with Crippen LogP contribution in [0.3, 0.4) is 0 Å². The Morgan fingerprint density at radius 1 is 1.36 bits per heavy atom. The predicted octanol–water partition coefficient (Wildman–Crippen LogP) is -0.715. The molecule has 0 aliphatic carbocycles. The van der Waals surface area contributed by atoms with Gasteiger partial charge in [0.1, 0.15) is 13.1 Å². The third-order valence-corrected chi connectivity index (χ3v) is 3.01. The molecule has 0 heterocycles. The van der Waals surface area contributed by atoms with E-state index in [0.717, 1.165) is 18.7 Å². The summed E-state index contributed by atoms with van der Waals surface area (Å²) < 4.78 is 0. The molecule has 0 spiro atoms. The first-order chi connectivity index (χ1) is 10.2. The van der Waals surface area contributed by atoms with Gasteiger partial charge in [0.2, 0.25) is 0 Å². The van der Waals surface area contributed by atoms with Gasteiger partial charge in [-0.1, -0.05) is 24.8 Å². The number of quaternary nitrogens is 1. The van der Waals surface area contributed by atoms with Crippen LogP contribution in [0.4, 0.5) is 0 Å². The van der Waals surface area contributed by atoms with Crippen molar-refractivity contribution in [2.45, 2.75) is 13.8 Å². The molecule has 118 valence electrons. The highest BCUT2D eigenvalue weighted by atomic mass is 16.4. The smallest absolute Gasteiger partial charge is 0.351 e. The van der Waals surface area contributed by atoms with Crippen molar-refractivity contribution in [2.75, 3.05) is 20.1 Å². The number of terminal acetylenes is 1. The van der Waals surface area contributed by atoms with E-state index in [2.05, 4.69) is 51.6 Å². The van der Waals surface area contributed by atoms with Crippen LogP contribution in [0.5, 0.6) is 0 Å². The van der Waals surface area contributed by atoms with E-state index in [0.29, 0.717) is 0 Å². The molecule has 0 saturated heterocycles. The molecule has 0 bridgehead atoms. The number of rotatable bonds is 4. The maximum atomic E-state index is 9.04. The first-order valence-electron chi connectivity index (χ1n) is 6.63. The van der Waals surface area contributed by atoms with Gasteiger partial charge in [-0.05, 0) is 36.5 Å². The number of aryl methyl sites for hydroxylation is 2. The lowest BCUT2D eigenvalue weighted by atomic mass is 10.0. The van der Waals surface area contributed by atoms with Crippen molar-refractivity contribution >= 4 is 17.5 Å². The number of likely N-dealkylation sites (N-methyl/N-ethyl adjacent to an activating group) is 1. The van der Waals surface area contributed by atoms with Gasteiger partial charge in [0.25, 0.3) is 0 Å². The monoisotopic (exact) mass is 303 g/mol. The maximum Gasteiger partial charge on any atom is 0.351 e. The van der Waals surface area contributed by atoms with Gasteiger partial charge >= 0.3 is 5.97 Å². The second kappa shape index (κ2) is 9.37. The molecule has 0 saturated carbocycles. The molecule has 0 aliphatic rings. The van der Waals surface area contributed by atoms with Crippen molar-refractivity contribution in [3.05, 3.63) is 41.5 Å². The molecule has 1 rings (SSSR count). The second-order valence-electron chi connectivity index (χ2n) is 5.01. The fraction of sp³-hybridized carbons (Fsp3) is 0.294. The van der Waals surface area contributed by atoms with Crippen molar-refractivity contribution in [1.82, 2.24) is 0 Å². The summed E-state index contributed by atoms with van der Waals surface area (Å²) in [6.45, 7) is 10.0. The number of aliphatic carboxylic acids is 2. The molecule has 0 radical (unpaired) electrons. The van der Waals surface area contributed by atoms with E-state index >= 15 is 0 Å². The van der Waals surface area contributed by atoms with Gasteiger partial charge in [0.15, 0.2) is 5.97 Å². The number of hydrogen-bond donors (Lipinski definition) is 2. The Balaban J connectivity index is 0.000000626. The standard InChI is InChI=1S/C15H19N.C2H2O4/c1-6-9-16(5)11-14(4)15-8-7-12(2)13(3)10-15;3-1(4)2(5)6/h1,7-8,10H,4,9,11H2,2-3,5H3;(H,3,4)(H,5,6). The summed E-state index contributed by atoms with van der Waals surface area (Å²) in [5.41, 5.74) is 5.00. The van der Waals surface area contributed by atoms with Gasteiger partial charge in [0, 0.05) is 5.57 Å². The third kappa shape index (κ3) is 7.27. The van der Waals surface area contributed by atoms with Gasteiger partial charge in [-0.25, -0.2) is 4.79 Å². The zero-order valence-electron chi connectivity index (χ0n) is 13.1. The van der Waals surface area contributed by atoms with Crippen LogP contribution in [0.15, 0.2) is 24.8 Å². The summed E-state index contributed by atoms with van der Waals surface area (Å²) in [4.78, 5) is 19.3. The fourth-order valence-corrected chi connectivity index (χ4v) is 1.66. The molecular weight excluding hydrogens is 282 g/mol. The lowest BCUT2D eigenvalue weighted by Gasteiger charge is -2.13. The zero-order valence-corrected chi connectivity index (χ0v) is 13.1. The summed E-state index contributed by atoms with van der Waals surface area (Å²) in [7, 11) is 2.09. The summed E-state index contributed by atoms with van der Waals surface area (Å²) in [5, 5.41) is 16.3. The first kappa shape index (κ1) is 19.4. The molecule has 1 aromatic carbocycles. The van der Waals surface area contributed by atoms with E-state index in [1.807, 2.05) is 0 Å². The van der Waals surface area contributed by atoms with Crippen LogP contribution in [0.2, 0.25) is 0 Å². The van der Waals surface area contributed by atoms with Crippen molar-refractivity contribution in [2.24, 2.45) is 0 Å². The van der Waals surface area contributed by atoms with E-state index in [1.165, 1.54) is 21.6 Å². The Labute approximate surface area is 130 Å². The van der Waals surface area contributed by atoms with E-state index in [-0.39, 0.29) is 0 Å². The Morgan fingerprint density at radius 2 is 1.91 bits per heavy atom. The molecule has 1 aromatic rings. The van der Waals surface area contributed by atoms with Crippen molar-refractivity contribution in [3.8, 4) is 12.3 Å². The number of carbonyl (C=O) groups is 2. The molecule has 0 aliphatic heterocycles. The van der Waals surface area contributed by atoms with E-state index in [9.17, 15) is 0 Å². The molecule has 5 heteroatoms. The average Bonchev–Trinajstić information content (AvgIpc) is 2.42. The highest BCUT2D eigenvalue weighted by molar-refractivity contribution is 6.26. The van der Waals surface area contributed by atoms with Crippen LogP contribution in [0, 0.1) is 26.2 Å². The van der Waals surface area contributed by atoms with Crippen LogP contribution < -0.4 is 10.0 Å². The van der Waals surface area contributed by atoms with Gasteiger partial charge in [-0.15, -0.1) is 6.42 Å². The summed E-state index contributed by atoms with van der Waals surface area (Å²) >= 11 is 0. The Morgan fingerprint density at radius 3 is 2.32 bits per heavy atom. The normalized spacial score (nSPS) is 10.6. The topological polar surface area (TPSA) is 81.9 Å². The molecule has 22 heavy (non-hydrogen) atoms. The number of carbonyl (C=O) groups excluding carboxylic acids is 1. The lowest BCUT2D eigenvalue weighted by molar-refractivity contribution is -0.863. The number of carboxylic acid groups (broad SMARTS) is 2. The summed E-state index contributed by atoms with van der Waals surface area (Å²) in [5.74, 6) is -1.34. The Bertz CT molecular complexity index is 587. The molecule has 1 atom stereocenters. The molecule has 5 nitrogen and oxygen atoms in total. The fourth-order valence-electron chi connectivity index (χ4n) is 1.66. The minimum absolute atomic E-state index is 0.740. The number of benzene rings is 1. The van der Waals surface area contributed by atoms with Gasteiger partial charge < -0.3 is 19.9 Å². The van der Waals surface area contributed by atoms with Gasteiger partial charge in [0.05, 0.1) is 7.05 Å². The molecular formula is C17H21NO4. The van der Waals surface area contributed by atoms with Gasteiger partial charge in [-0.3, -0.25) is 0 Å². The molecule has 1 unspecified atom stereocenters. The highest BCUT2D eigenvalue weighted by Crippen LogP contribution is 2.15. The average molecular weight is 303 g/mol. The minimum Gasteiger partial charge on any atom is -0.539 e. The predicted molar refractivity (Wildman–Crippen MR) is 83.0 cm³/mol. The van der Waals surface area contributed by atoms with Crippen molar-refractivity contribution < 1.29 is 24.7 Å². The lowest BCUT2D eigenvalue weighted by Crippen LogP contribution is -3.08. The highest BCUT2D eigenvalue weighted by Gasteiger charge is 2.06. The number of hydrogen-bond acceptors (Lipinski definition) is 3. The van der Waals surface area contributed by atoms with Crippen LogP contribution in [-0.4, -0.2) is 37.2 Å². The van der Waals surface area contributed by atoms with Crippen LogP contribution in [0.1, 0.15) is 16.7 Å². The molecule has 0 aromatic heterocycles. The first-order valence-corrected chi connectivity index (χ1v) is 6.63. The summed E-state index contributed by atoms with van der Waals surface area (Å²) in [6.07, 6.45) is 5.29. The third-order valence-electron chi connectivity index (χ3n) is 3.01. The van der Waals surface area contributed by atoms with E-state index in [1.54, 1.807) is 0 Å². The number of carboxylic acids is 2. The zero-order chi connectivity index (χ0) is 17.3. The molecule has 0 amide bonds. The van der Waals surface area contributed by atoms with Crippen molar-refractivity contribution in [1.29, 1.82) is 0 Å².